The van der Waals surface area contributed by atoms with Crippen LogP contribution in [-0.2, 0) is 6.18 Å². The van der Waals surface area contributed by atoms with E-state index in [0.29, 0.717) is 12.2 Å². The molecule has 0 amide bonds. The van der Waals surface area contributed by atoms with Crippen molar-refractivity contribution in [2.75, 3.05) is 17.2 Å². The van der Waals surface area contributed by atoms with E-state index in [9.17, 15) is 17.6 Å². The predicted octanol–water partition coefficient (Wildman–Crippen LogP) is 3.81. The lowest BCUT2D eigenvalue weighted by molar-refractivity contribution is -0.144. The van der Waals surface area contributed by atoms with E-state index in [1.165, 1.54) is 30.3 Å². The number of hydrogen-bond donors (Lipinski definition) is 2. The first-order valence-corrected chi connectivity index (χ1v) is 6.11. The summed E-state index contributed by atoms with van der Waals surface area (Å²) in [6.07, 6.45) is -4.65. The van der Waals surface area contributed by atoms with E-state index in [2.05, 4.69) is 20.6 Å². The molecule has 2 aromatic rings. The molecule has 0 aliphatic heterocycles. The molecule has 4 nitrogen and oxygen atoms in total. The molecule has 112 valence electrons. The van der Waals surface area contributed by atoms with Gasteiger partial charge in [-0.1, -0.05) is 0 Å². The topological polar surface area (TPSA) is 49.8 Å². The molecule has 0 saturated heterocycles. The van der Waals surface area contributed by atoms with Crippen LogP contribution in [0.4, 0.5) is 34.9 Å². The Balaban J connectivity index is 2.33. The second-order valence-electron chi connectivity index (χ2n) is 4.12. The van der Waals surface area contributed by atoms with Gasteiger partial charge in [-0.05, 0) is 31.2 Å². The van der Waals surface area contributed by atoms with Gasteiger partial charge in [-0.25, -0.2) is 14.4 Å². The summed E-state index contributed by atoms with van der Waals surface area (Å²) >= 11 is 0. The first-order valence-electron chi connectivity index (χ1n) is 6.11. The fourth-order valence-electron chi connectivity index (χ4n) is 1.59. The third kappa shape index (κ3) is 4.04. The number of rotatable bonds is 4. The third-order valence-electron chi connectivity index (χ3n) is 2.45. The highest BCUT2D eigenvalue weighted by Gasteiger charge is 2.35. The number of alkyl halides is 3. The van der Waals surface area contributed by atoms with Crippen molar-refractivity contribution in [1.29, 1.82) is 0 Å². The fraction of sp³-hybridized carbons (Fsp3) is 0.231. The lowest BCUT2D eigenvalue weighted by atomic mass is 10.3. The van der Waals surface area contributed by atoms with Gasteiger partial charge in [-0.2, -0.15) is 13.2 Å². The molecule has 0 aliphatic rings. The van der Waals surface area contributed by atoms with Gasteiger partial charge in [0.1, 0.15) is 17.5 Å². The molecule has 0 atom stereocenters. The van der Waals surface area contributed by atoms with Gasteiger partial charge in [-0.15, -0.1) is 0 Å². The van der Waals surface area contributed by atoms with Gasteiger partial charge in [0.15, 0.2) is 0 Å². The fourth-order valence-corrected chi connectivity index (χ4v) is 1.59. The van der Waals surface area contributed by atoms with E-state index < -0.39 is 17.8 Å². The van der Waals surface area contributed by atoms with Crippen molar-refractivity contribution in [1.82, 2.24) is 9.97 Å². The van der Waals surface area contributed by atoms with Gasteiger partial charge in [0.05, 0.1) is 0 Å². The molecule has 2 rings (SSSR count). The lowest BCUT2D eigenvalue weighted by Crippen LogP contribution is -2.14. The monoisotopic (exact) mass is 300 g/mol. The molecule has 21 heavy (non-hydrogen) atoms. The first kappa shape index (κ1) is 15.0. The molecule has 2 N–H and O–H groups in total. The van der Waals surface area contributed by atoms with Crippen LogP contribution >= 0.6 is 0 Å². The first-order chi connectivity index (χ1) is 9.88. The van der Waals surface area contributed by atoms with Gasteiger partial charge in [0, 0.05) is 18.3 Å². The summed E-state index contributed by atoms with van der Waals surface area (Å²) in [6, 6.07) is 6.54. The summed E-state index contributed by atoms with van der Waals surface area (Å²) in [5, 5.41) is 5.39. The number of halogens is 4. The van der Waals surface area contributed by atoms with Gasteiger partial charge in [0.2, 0.25) is 5.82 Å². The summed E-state index contributed by atoms with van der Waals surface area (Å²) in [7, 11) is 0. The SMILES string of the molecule is CCNc1cc(Nc2ccc(F)cc2)nc(C(F)(F)F)n1. The standard InChI is InChI=1S/C13H12F4N4/c1-2-18-10-7-11(21-12(20-10)13(15,16)17)19-9-5-3-8(14)4-6-9/h3-7H,2H2,1H3,(H2,18,19,20,21). The minimum atomic E-state index is -4.65. The number of anilines is 3. The van der Waals surface area contributed by atoms with Crippen molar-refractivity contribution in [3.63, 3.8) is 0 Å². The number of nitrogens with zero attached hydrogens (tertiary/aromatic N) is 2. The number of benzene rings is 1. The quantitative estimate of drug-likeness (QED) is 0.843. The van der Waals surface area contributed by atoms with E-state index in [-0.39, 0.29) is 11.6 Å². The maximum absolute atomic E-state index is 12.8. The van der Waals surface area contributed by atoms with Crippen LogP contribution in [0.2, 0.25) is 0 Å². The lowest BCUT2D eigenvalue weighted by Gasteiger charge is -2.12. The molecular formula is C13H12F4N4. The number of aromatic nitrogens is 2. The average Bonchev–Trinajstić information content (AvgIpc) is 2.41. The Kier molecular flexibility index (Phi) is 4.25. The number of nitrogens with one attached hydrogen (secondary N) is 2. The van der Waals surface area contributed by atoms with Crippen LogP contribution in [0.3, 0.4) is 0 Å². The van der Waals surface area contributed by atoms with E-state index >= 15 is 0 Å². The Labute approximate surface area is 118 Å². The second-order valence-corrected chi connectivity index (χ2v) is 4.12. The number of hydrogen-bond acceptors (Lipinski definition) is 4. The minimum absolute atomic E-state index is 0.0279. The summed E-state index contributed by atoms with van der Waals surface area (Å²) in [4.78, 5) is 6.83. The van der Waals surface area contributed by atoms with Crippen LogP contribution in [0.1, 0.15) is 12.7 Å². The van der Waals surface area contributed by atoms with Crippen molar-refractivity contribution in [3.05, 3.63) is 42.0 Å². The Morgan fingerprint density at radius 3 is 2.24 bits per heavy atom. The zero-order valence-corrected chi connectivity index (χ0v) is 11.0. The van der Waals surface area contributed by atoms with Gasteiger partial charge >= 0.3 is 6.18 Å². The van der Waals surface area contributed by atoms with Gasteiger partial charge in [-0.3, -0.25) is 0 Å². The summed E-state index contributed by atoms with van der Waals surface area (Å²) in [5.41, 5.74) is 0.422. The Hall–Kier alpha value is -2.38. The highest BCUT2D eigenvalue weighted by Crippen LogP contribution is 2.29. The van der Waals surface area contributed by atoms with Crippen LogP contribution in [0.5, 0.6) is 0 Å². The Bertz CT molecular complexity index is 611. The van der Waals surface area contributed by atoms with Crippen LogP contribution < -0.4 is 10.6 Å². The highest BCUT2D eigenvalue weighted by molar-refractivity contribution is 5.59. The zero-order chi connectivity index (χ0) is 15.5. The molecule has 1 aromatic carbocycles. The van der Waals surface area contributed by atoms with Crippen LogP contribution in [0.15, 0.2) is 30.3 Å². The summed E-state index contributed by atoms with van der Waals surface area (Å²) in [5.74, 6) is -1.65. The van der Waals surface area contributed by atoms with Crippen LogP contribution in [0.25, 0.3) is 0 Å². The molecule has 8 heteroatoms. The summed E-state index contributed by atoms with van der Waals surface area (Å²) < 4.78 is 51.0. The highest BCUT2D eigenvalue weighted by atomic mass is 19.4. The maximum Gasteiger partial charge on any atom is 0.451 e. The Morgan fingerprint density at radius 1 is 1.05 bits per heavy atom. The van der Waals surface area contributed by atoms with Crippen LogP contribution in [-0.4, -0.2) is 16.5 Å². The molecule has 0 spiro atoms. The average molecular weight is 300 g/mol. The molecule has 0 fully saturated rings. The molecule has 0 saturated carbocycles. The predicted molar refractivity (Wildman–Crippen MR) is 70.9 cm³/mol. The Morgan fingerprint density at radius 2 is 1.67 bits per heavy atom. The van der Waals surface area contributed by atoms with Gasteiger partial charge in [0.25, 0.3) is 0 Å². The largest absolute Gasteiger partial charge is 0.451 e. The van der Waals surface area contributed by atoms with E-state index in [4.69, 9.17) is 0 Å². The van der Waals surface area contributed by atoms with E-state index in [1.807, 2.05) is 0 Å². The van der Waals surface area contributed by atoms with E-state index in [0.717, 1.165) is 0 Å². The molecule has 0 bridgehead atoms. The van der Waals surface area contributed by atoms with Gasteiger partial charge < -0.3 is 10.6 Å². The summed E-state index contributed by atoms with van der Waals surface area (Å²) in [6.45, 7) is 2.16. The maximum atomic E-state index is 12.8. The zero-order valence-electron chi connectivity index (χ0n) is 11.0. The molecule has 0 unspecified atom stereocenters. The third-order valence-corrected chi connectivity index (χ3v) is 2.45. The molecule has 0 aliphatic carbocycles. The molecule has 1 heterocycles. The van der Waals surface area contributed by atoms with Crippen molar-refractivity contribution in [2.24, 2.45) is 0 Å². The molecule has 0 radical (unpaired) electrons. The normalized spacial score (nSPS) is 11.3. The van der Waals surface area contributed by atoms with Crippen LogP contribution in [0, 0.1) is 5.82 Å². The van der Waals surface area contributed by atoms with Crippen molar-refractivity contribution < 1.29 is 17.6 Å². The van der Waals surface area contributed by atoms with Crippen molar-refractivity contribution in [2.45, 2.75) is 13.1 Å². The van der Waals surface area contributed by atoms with Crippen molar-refractivity contribution in [3.8, 4) is 0 Å². The minimum Gasteiger partial charge on any atom is -0.370 e. The molecule has 1 aromatic heterocycles. The second kappa shape index (κ2) is 5.94. The van der Waals surface area contributed by atoms with Crippen molar-refractivity contribution >= 4 is 17.3 Å². The smallest absolute Gasteiger partial charge is 0.370 e. The van der Waals surface area contributed by atoms with E-state index in [1.54, 1.807) is 6.92 Å². The molecular weight excluding hydrogens is 288 g/mol.